The van der Waals surface area contributed by atoms with E-state index in [4.69, 9.17) is 4.74 Å². The Hall–Kier alpha value is -2.88. The molecule has 7 N–H and O–H groups in total. The summed E-state index contributed by atoms with van der Waals surface area (Å²) in [5.41, 5.74) is -5.10. The molecule has 11 rings (SSSR count). The van der Waals surface area contributed by atoms with Crippen molar-refractivity contribution in [1.82, 2.24) is 5.32 Å². The number of aliphatic hydroxyl groups excluding tert-OH is 3. The van der Waals surface area contributed by atoms with Crippen LogP contribution >= 0.6 is 0 Å². The maximum atomic E-state index is 14.8. The van der Waals surface area contributed by atoms with Crippen LogP contribution in [0.5, 0.6) is 0 Å². The molecular formula is C56H75NO9. The van der Waals surface area contributed by atoms with Crippen LogP contribution in [0, 0.1) is 87.8 Å². The number of nitrogens with one attached hydrogen (secondary N) is 1. The third-order valence-corrected chi connectivity index (χ3v) is 21.5. The van der Waals surface area contributed by atoms with Crippen molar-refractivity contribution in [1.29, 1.82) is 0 Å². The molecule has 1 heterocycles. The maximum Gasteiger partial charge on any atom is 0.331 e. The van der Waals surface area contributed by atoms with Gasteiger partial charge in [-0.3, -0.25) is 0 Å². The first kappa shape index (κ1) is 45.6. The van der Waals surface area contributed by atoms with Gasteiger partial charge in [0.2, 0.25) is 0 Å². The van der Waals surface area contributed by atoms with E-state index < -0.39 is 69.7 Å². The summed E-state index contributed by atoms with van der Waals surface area (Å²) in [5.74, 6) is 3.79. The van der Waals surface area contributed by atoms with Gasteiger partial charge in [0.25, 0.3) is 0 Å². The van der Waals surface area contributed by atoms with Crippen molar-refractivity contribution >= 4 is 12.3 Å². The van der Waals surface area contributed by atoms with Crippen molar-refractivity contribution in [3.63, 3.8) is 0 Å². The molecule has 1 aliphatic heterocycles. The number of carbonyl (C=O) groups is 2. The van der Waals surface area contributed by atoms with Gasteiger partial charge in [0.05, 0.1) is 29.8 Å². The minimum absolute atomic E-state index is 0.0503. The number of hydrogen-bond acceptors (Lipinski definition) is 10. The monoisotopic (exact) mass is 906 g/mol. The number of allylic oxidation sites excluding steroid dienone is 2. The Bertz CT molecular complexity index is 2210. The normalized spacial score (nSPS) is 48.8. The summed E-state index contributed by atoms with van der Waals surface area (Å²) in [6, 6.07) is 5.64. The third kappa shape index (κ3) is 6.05. The van der Waals surface area contributed by atoms with Crippen LogP contribution in [0.1, 0.15) is 139 Å². The topological polar surface area (TPSA) is 177 Å². The fraction of sp³-hybridized carbons (Fsp3) is 0.750. The molecular weight excluding hydrogens is 831 g/mol. The summed E-state index contributed by atoms with van der Waals surface area (Å²) in [4.78, 5) is 28.4. The minimum atomic E-state index is -2.21. The average Bonchev–Trinajstić information content (AvgIpc) is 4.03. The Morgan fingerprint density at radius 2 is 1.76 bits per heavy atom. The quantitative estimate of drug-likeness (QED) is 0.0531. The van der Waals surface area contributed by atoms with Gasteiger partial charge < -0.3 is 45.5 Å². The number of aliphatic hydroxyl groups is 6. The number of carbonyl (C=O) groups excluding carboxylic acids is 2. The van der Waals surface area contributed by atoms with Gasteiger partial charge in [0.15, 0.2) is 0 Å². The van der Waals surface area contributed by atoms with E-state index in [9.17, 15) is 40.2 Å². The smallest absolute Gasteiger partial charge is 0.331 e. The highest BCUT2D eigenvalue weighted by atomic mass is 16.5. The van der Waals surface area contributed by atoms with Crippen molar-refractivity contribution in [3.05, 3.63) is 58.7 Å². The maximum absolute atomic E-state index is 14.8. The van der Waals surface area contributed by atoms with Crippen molar-refractivity contribution in [2.45, 2.75) is 177 Å². The molecule has 358 valence electrons. The summed E-state index contributed by atoms with van der Waals surface area (Å²) < 4.78 is 6.29. The number of aldehydes is 1. The lowest BCUT2D eigenvalue weighted by atomic mass is 9.34. The minimum Gasteiger partial charge on any atom is -0.454 e. The van der Waals surface area contributed by atoms with Gasteiger partial charge in [-0.25, -0.2) is 4.79 Å². The predicted octanol–water partition coefficient (Wildman–Crippen LogP) is 6.10. The summed E-state index contributed by atoms with van der Waals surface area (Å²) in [6.45, 7) is 2.03. The lowest BCUT2D eigenvalue weighted by Gasteiger charge is -2.73. The predicted molar refractivity (Wildman–Crippen MR) is 248 cm³/mol. The number of hydrogen-bond donors (Lipinski definition) is 7. The standard InChI is InChI=1S/C56H75NO9/c1-3-4-5-15-35-28-53(31-59)46-20-22-52-21-9-8-14-33-16-10-18-36(30-58)39(33)26-45(57-2)41-23-37(48(52)42-27-47(60)66-50(41)42)29-54(52,63)56(46,65)51(62)44-25-40-34(24-43(49(35)61)55(44,53)64)17-11-19-38(40)32-12-6-7-13-32/h10-11,16-18,27,31-32,34-35,37-38,40-41,43-46,48-51,57-58,61-65H,3-7,9,12-13,15,19-26,28-30H2,1-2H3/t34-,35-,37+,38-,40+,41+,43+,44+,45-,46-,48-,49+,50+,51-,52-,53+,54-,55-,56-/m1/s1. The molecule has 0 radical (unpaired) electrons. The van der Waals surface area contributed by atoms with E-state index in [2.05, 4.69) is 36.2 Å². The number of ether oxygens (including phenoxy) is 1. The van der Waals surface area contributed by atoms with Gasteiger partial charge in [0.1, 0.15) is 23.6 Å². The molecule has 0 amide bonds. The number of benzene rings is 1. The Balaban J connectivity index is 1.09. The van der Waals surface area contributed by atoms with E-state index in [-0.39, 0.29) is 67.4 Å². The molecule has 10 aliphatic rings. The van der Waals surface area contributed by atoms with Crippen LogP contribution in [0.15, 0.2) is 42.0 Å². The van der Waals surface area contributed by atoms with Crippen LogP contribution in [-0.4, -0.2) is 91.1 Å². The zero-order chi connectivity index (χ0) is 46.0. The SMILES string of the molecule is CCCCC[C@@H]1C[C@]2(C=O)[C@H]3CC[C@@]45CCC#Cc6cccc(CO)c6C[C@@H](NC)[C@@H]6C[C@@H](C[C@]4(O)[C@]3(O)[C@H](O)[C@@H]3C[C@H]4[C@H](C=CC[C@@H]4C4CCCC4)C[C@@H]([C@H]1O)[C@@]32O)[C@@H]5C1=CC(=O)O[C@H]16. The molecule has 0 saturated heterocycles. The van der Waals surface area contributed by atoms with Gasteiger partial charge in [-0.2, -0.15) is 0 Å². The molecule has 0 aromatic heterocycles. The Labute approximate surface area is 391 Å². The van der Waals surface area contributed by atoms with Crippen LogP contribution in [0.25, 0.3) is 0 Å². The van der Waals surface area contributed by atoms with Gasteiger partial charge in [-0.15, -0.1) is 0 Å². The zero-order valence-electron chi connectivity index (χ0n) is 39.3. The molecule has 1 aromatic rings. The number of likely N-dealkylation sites (N-methyl/N-ethyl adjacent to an activating group) is 1. The second kappa shape index (κ2) is 16.6. The summed E-state index contributed by atoms with van der Waals surface area (Å²) in [7, 11) is 1.91. The Morgan fingerprint density at radius 1 is 0.939 bits per heavy atom. The first-order valence-corrected chi connectivity index (χ1v) is 26.3. The molecule has 9 aliphatic carbocycles. The molecule has 7 fully saturated rings. The van der Waals surface area contributed by atoms with Gasteiger partial charge in [-0.05, 0) is 142 Å². The van der Waals surface area contributed by atoms with Gasteiger partial charge >= 0.3 is 5.97 Å². The van der Waals surface area contributed by atoms with E-state index in [1.54, 1.807) is 6.08 Å². The lowest BCUT2D eigenvalue weighted by Crippen LogP contribution is -2.85. The van der Waals surface area contributed by atoms with E-state index in [0.717, 1.165) is 67.1 Å². The van der Waals surface area contributed by atoms with Crippen LogP contribution < -0.4 is 5.32 Å². The van der Waals surface area contributed by atoms with Crippen molar-refractivity contribution in [2.24, 2.45) is 75.9 Å². The average molecular weight is 906 g/mol. The van der Waals surface area contributed by atoms with Crippen molar-refractivity contribution in [2.75, 3.05) is 7.05 Å². The second-order valence-corrected chi connectivity index (χ2v) is 23.5. The van der Waals surface area contributed by atoms with E-state index in [1.165, 1.54) is 12.8 Å². The van der Waals surface area contributed by atoms with Crippen LogP contribution in [0.3, 0.4) is 0 Å². The lowest BCUT2D eigenvalue weighted by molar-refractivity contribution is -0.379. The molecule has 10 heteroatoms. The van der Waals surface area contributed by atoms with E-state index in [0.29, 0.717) is 63.2 Å². The highest BCUT2D eigenvalue weighted by Crippen LogP contribution is 2.78. The third-order valence-electron chi connectivity index (χ3n) is 21.5. The van der Waals surface area contributed by atoms with Crippen molar-refractivity contribution < 1.29 is 45.0 Å². The fourth-order valence-corrected chi connectivity index (χ4v) is 19.0. The van der Waals surface area contributed by atoms with Crippen LogP contribution in [-0.2, 0) is 27.4 Å². The van der Waals surface area contributed by atoms with Gasteiger partial charge in [0, 0.05) is 53.2 Å². The summed E-state index contributed by atoms with van der Waals surface area (Å²) >= 11 is 0. The fourth-order valence-electron chi connectivity index (χ4n) is 19.0. The van der Waals surface area contributed by atoms with Crippen molar-refractivity contribution in [3.8, 4) is 11.8 Å². The number of rotatable bonds is 8. The Morgan fingerprint density at radius 3 is 2.52 bits per heavy atom. The molecule has 7 saturated carbocycles. The van der Waals surface area contributed by atoms with Crippen LogP contribution in [0.4, 0.5) is 0 Å². The number of esters is 1. The zero-order valence-corrected chi connectivity index (χ0v) is 39.3. The molecule has 1 spiro atoms. The second-order valence-electron chi connectivity index (χ2n) is 23.5. The molecule has 66 heavy (non-hydrogen) atoms. The first-order valence-electron chi connectivity index (χ1n) is 26.3. The van der Waals surface area contributed by atoms with Gasteiger partial charge in [-0.1, -0.05) is 88.0 Å². The summed E-state index contributed by atoms with van der Waals surface area (Å²) in [5, 5.41) is 83.5. The molecule has 10 nitrogen and oxygen atoms in total. The largest absolute Gasteiger partial charge is 0.454 e. The van der Waals surface area contributed by atoms with E-state index >= 15 is 0 Å². The van der Waals surface area contributed by atoms with E-state index in [1.807, 2.05) is 25.2 Å². The number of unbranched alkanes of at least 4 members (excludes halogenated alkanes) is 2. The first-order chi connectivity index (χ1) is 31.8. The molecule has 0 unspecified atom stereocenters. The highest BCUT2D eigenvalue weighted by Gasteiger charge is 2.86. The molecule has 1 aromatic carbocycles. The highest BCUT2D eigenvalue weighted by molar-refractivity contribution is 5.86. The molecule has 19 atom stereocenters. The number of fused-ring (bicyclic) bond motifs is 8. The summed E-state index contributed by atoms with van der Waals surface area (Å²) in [6.07, 6.45) is 17.1. The Kier molecular flexibility index (Phi) is 11.5. The molecule has 4 bridgehead atoms. The van der Waals surface area contributed by atoms with Crippen LogP contribution in [0.2, 0.25) is 0 Å².